The average molecular weight is 245 g/mol. The van der Waals surface area contributed by atoms with Crippen molar-refractivity contribution in [2.45, 2.75) is 25.9 Å². The molecule has 1 aromatic carbocycles. The van der Waals surface area contributed by atoms with E-state index in [-0.39, 0.29) is 17.3 Å². The fourth-order valence-corrected chi connectivity index (χ4v) is 2.58. The smallest absolute Gasteiger partial charge is 0.200 e. The van der Waals surface area contributed by atoms with E-state index in [0.29, 0.717) is 29.3 Å². The molecule has 0 spiro atoms. The Morgan fingerprint density at radius 1 is 1.44 bits per heavy atom. The Labute approximate surface area is 106 Å². The van der Waals surface area contributed by atoms with Crippen molar-refractivity contribution >= 4 is 17.4 Å². The van der Waals surface area contributed by atoms with Crippen molar-refractivity contribution in [1.82, 2.24) is 0 Å². The summed E-state index contributed by atoms with van der Waals surface area (Å²) in [5.74, 6) is 0.987. The molecule has 0 aromatic heterocycles. The molecular formula is C14H15NO3. The average Bonchev–Trinajstić information content (AvgIpc) is 2.64. The van der Waals surface area contributed by atoms with Gasteiger partial charge in [0.05, 0.1) is 7.11 Å². The van der Waals surface area contributed by atoms with Gasteiger partial charge in [-0.1, -0.05) is 6.07 Å². The Kier molecular flexibility index (Phi) is 2.24. The molecule has 0 saturated carbocycles. The van der Waals surface area contributed by atoms with E-state index < -0.39 is 0 Å². The summed E-state index contributed by atoms with van der Waals surface area (Å²) >= 11 is 0. The summed E-state index contributed by atoms with van der Waals surface area (Å²) in [7, 11) is 1.58. The quantitative estimate of drug-likeness (QED) is 0.764. The third-order valence-corrected chi connectivity index (χ3v) is 3.40. The fourth-order valence-electron chi connectivity index (χ4n) is 2.58. The molecule has 1 aromatic rings. The largest absolute Gasteiger partial charge is 0.494 e. The molecule has 0 aliphatic carbocycles. The number of fused-ring (bicyclic) bond motifs is 2. The Hall–Kier alpha value is -1.84. The summed E-state index contributed by atoms with van der Waals surface area (Å²) in [6.45, 7) is 3.95. The second kappa shape index (κ2) is 3.57. The van der Waals surface area contributed by atoms with E-state index >= 15 is 0 Å². The lowest BCUT2D eigenvalue weighted by Crippen LogP contribution is -2.23. The van der Waals surface area contributed by atoms with E-state index in [4.69, 9.17) is 9.47 Å². The number of hydrogen-bond acceptors (Lipinski definition) is 4. The third kappa shape index (κ3) is 1.52. The van der Waals surface area contributed by atoms with E-state index in [1.165, 1.54) is 0 Å². The third-order valence-electron chi connectivity index (χ3n) is 3.40. The second-order valence-corrected chi connectivity index (χ2v) is 5.29. The van der Waals surface area contributed by atoms with Crippen LogP contribution in [0.1, 0.15) is 30.6 Å². The second-order valence-electron chi connectivity index (χ2n) is 5.29. The molecule has 1 saturated heterocycles. The first-order chi connectivity index (χ1) is 8.52. The van der Waals surface area contributed by atoms with Crippen molar-refractivity contribution < 1.29 is 14.3 Å². The zero-order chi connectivity index (χ0) is 12.9. The highest BCUT2D eigenvalue weighted by atomic mass is 16.5. The Balaban J connectivity index is 2.15. The van der Waals surface area contributed by atoms with Crippen LogP contribution in [-0.4, -0.2) is 24.4 Å². The van der Waals surface area contributed by atoms with E-state index in [9.17, 15) is 4.79 Å². The van der Waals surface area contributed by atoms with Gasteiger partial charge in [0.1, 0.15) is 23.0 Å². The summed E-state index contributed by atoms with van der Waals surface area (Å²) in [5, 5.41) is 0. The first kappa shape index (κ1) is 11.3. The van der Waals surface area contributed by atoms with Crippen LogP contribution >= 0.6 is 0 Å². The number of benzene rings is 1. The van der Waals surface area contributed by atoms with Crippen LogP contribution in [0.15, 0.2) is 23.2 Å². The number of nitrogens with zero attached hydrogens (tertiary/aromatic N) is 1. The highest BCUT2D eigenvalue weighted by Gasteiger charge is 2.45. The molecule has 4 heteroatoms. The number of carbonyl (C=O) groups excluding carboxylic acids is 1. The number of ketones is 1. The molecule has 1 atom stereocenters. The van der Waals surface area contributed by atoms with E-state index in [2.05, 4.69) is 4.99 Å². The van der Waals surface area contributed by atoms with E-state index in [1.807, 2.05) is 19.9 Å². The van der Waals surface area contributed by atoms with E-state index in [1.54, 1.807) is 19.2 Å². The standard InChI is InChI=1S/C14H15NO3/c1-14(2)7-9-12(16)8-5-4-6-10(17-3)11(8)15-13(9)18-14/h4-6,9H,7H2,1-3H3. The lowest BCUT2D eigenvalue weighted by Gasteiger charge is -2.18. The number of carbonyl (C=O) groups is 1. The number of Topliss-reactive ketones (excluding diaryl/α,β-unsaturated/α-hetero) is 1. The molecule has 4 nitrogen and oxygen atoms in total. The van der Waals surface area contributed by atoms with Gasteiger partial charge in [0.2, 0.25) is 0 Å². The minimum Gasteiger partial charge on any atom is -0.494 e. The maximum Gasteiger partial charge on any atom is 0.200 e. The Morgan fingerprint density at radius 3 is 2.94 bits per heavy atom. The van der Waals surface area contributed by atoms with Crippen molar-refractivity contribution in [3.8, 4) is 5.75 Å². The molecule has 18 heavy (non-hydrogen) atoms. The van der Waals surface area contributed by atoms with Gasteiger partial charge in [0.25, 0.3) is 0 Å². The maximum atomic E-state index is 12.4. The molecule has 1 fully saturated rings. The van der Waals surface area contributed by atoms with Gasteiger partial charge in [-0.25, -0.2) is 4.99 Å². The number of methoxy groups -OCH3 is 1. The highest BCUT2D eigenvalue weighted by molar-refractivity contribution is 6.17. The Morgan fingerprint density at radius 2 is 2.22 bits per heavy atom. The van der Waals surface area contributed by atoms with Gasteiger partial charge in [-0.3, -0.25) is 4.79 Å². The Bertz CT molecular complexity index is 560. The van der Waals surface area contributed by atoms with Crippen LogP contribution in [0.4, 0.5) is 5.69 Å². The summed E-state index contributed by atoms with van der Waals surface area (Å²) < 4.78 is 11.0. The monoisotopic (exact) mass is 245 g/mol. The molecular weight excluding hydrogens is 230 g/mol. The number of para-hydroxylation sites is 1. The van der Waals surface area contributed by atoms with Crippen LogP contribution in [0.5, 0.6) is 5.75 Å². The molecule has 0 amide bonds. The van der Waals surface area contributed by atoms with Crippen LogP contribution in [0, 0.1) is 5.92 Å². The molecule has 0 bridgehead atoms. The molecule has 3 rings (SSSR count). The highest BCUT2D eigenvalue weighted by Crippen LogP contribution is 2.43. The molecule has 94 valence electrons. The zero-order valence-corrected chi connectivity index (χ0v) is 10.7. The number of rotatable bonds is 1. The van der Waals surface area contributed by atoms with Crippen LogP contribution in [0.25, 0.3) is 0 Å². The molecule has 2 heterocycles. The van der Waals surface area contributed by atoms with Gasteiger partial charge in [0.15, 0.2) is 11.7 Å². The van der Waals surface area contributed by atoms with Crippen molar-refractivity contribution in [3.63, 3.8) is 0 Å². The first-order valence-electron chi connectivity index (χ1n) is 6.01. The first-order valence-corrected chi connectivity index (χ1v) is 6.01. The topological polar surface area (TPSA) is 47.9 Å². The summed E-state index contributed by atoms with van der Waals surface area (Å²) in [6, 6.07) is 5.42. The summed E-state index contributed by atoms with van der Waals surface area (Å²) in [5.41, 5.74) is 0.896. The fraction of sp³-hybridized carbons (Fsp3) is 0.429. The molecule has 1 unspecified atom stereocenters. The minimum absolute atomic E-state index is 0.0828. The predicted molar refractivity (Wildman–Crippen MR) is 67.7 cm³/mol. The SMILES string of the molecule is COc1cccc2c1N=C1OC(C)(C)CC1C2=O. The van der Waals surface area contributed by atoms with Crippen LogP contribution < -0.4 is 4.74 Å². The van der Waals surface area contributed by atoms with Gasteiger partial charge in [-0.2, -0.15) is 0 Å². The van der Waals surface area contributed by atoms with Crippen LogP contribution in [-0.2, 0) is 4.74 Å². The lowest BCUT2D eigenvalue weighted by molar-refractivity contribution is 0.0933. The van der Waals surface area contributed by atoms with Gasteiger partial charge >= 0.3 is 0 Å². The number of hydrogen-bond donors (Lipinski definition) is 0. The normalized spacial score (nSPS) is 23.8. The van der Waals surface area contributed by atoms with E-state index in [0.717, 1.165) is 0 Å². The van der Waals surface area contributed by atoms with Crippen LogP contribution in [0.3, 0.4) is 0 Å². The zero-order valence-electron chi connectivity index (χ0n) is 10.7. The number of aliphatic imine (C=N–C) groups is 1. The van der Waals surface area contributed by atoms with Crippen molar-refractivity contribution in [2.24, 2.45) is 10.9 Å². The molecule has 0 radical (unpaired) electrons. The summed E-state index contributed by atoms with van der Waals surface area (Å²) in [4.78, 5) is 16.9. The van der Waals surface area contributed by atoms with Gasteiger partial charge < -0.3 is 9.47 Å². The predicted octanol–water partition coefficient (Wildman–Crippen LogP) is 2.74. The van der Waals surface area contributed by atoms with Crippen LogP contribution in [0.2, 0.25) is 0 Å². The number of ether oxygens (including phenoxy) is 2. The maximum absolute atomic E-state index is 12.4. The van der Waals surface area contributed by atoms with Crippen molar-refractivity contribution in [3.05, 3.63) is 23.8 Å². The lowest BCUT2D eigenvalue weighted by atomic mass is 9.88. The minimum atomic E-state index is -0.325. The van der Waals surface area contributed by atoms with Gasteiger partial charge in [-0.15, -0.1) is 0 Å². The molecule has 2 aliphatic heterocycles. The van der Waals surface area contributed by atoms with Gasteiger partial charge in [-0.05, 0) is 26.0 Å². The van der Waals surface area contributed by atoms with Crippen molar-refractivity contribution in [2.75, 3.05) is 7.11 Å². The molecule has 0 N–H and O–H groups in total. The molecule has 2 aliphatic rings. The van der Waals surface area contributed by atoms with Crippen molar-refractivity contribution in [1.29, 1.82) is 0 Å². The summed E-state index contributed by atoms with van der Waals surface area (Å²) in [6.07, 6.45) is 0.682. The van der Waals surface area contributed by atoms with Gasteiger partial charge in [0, 0.05) is 12.0 Å².